The van der Waals surface area contributed by atoms with Crippen molar-refractivity contribution in [3.8, 4) is 5.69 Å². The standard InChI is InChI=1S/C15H14FN3O3/c16-10-3-1-4-11(9-10)19-8-6-12(17-19)14(20)18-7-2-5-13(18)15(21)22/h1,3-4,6,8-9,13H,2,5,7H2,(H,21,22)/t13-/m0/s1. The van der Waals surface area contributed by atoms with E-state index in [1.165, 1.54) is 27.8 Å². The highest BCUT2D eigenvalue weighted by molar-refractivity contribution is 5.95. The zero-order valence-electron chi connectivity index (χ0n) is 11.6. The van der Waals surface area contributed by atoms with Gasteiger partial charge in [0.15, 0.2) is 5.69 Å². The Kier molecular flexibility index (Phi) is 3.62. The van der Waals surface area contributed by atoms with Crippen LogP contribution >= 0.6 is 0 Å². The molecule has 1 saturated heterocycles. The maximum Gasteiger partial charge on any atom is 0.326 e. The Morgan fingerprint density at radius 1 is 1.32 bits per heavy atom. The minimum absolute atomic E-state index is 0.150. The van der Waals surface area contributed by atoms with Crippen molar-refractivity contribution < 1.29 is 19.1 Å². The molecule has 0 bridgehead atoms. The van der Waals surface area contributed by atoms with Crippen LogP contribution in [0.1, 0.15) is 23.3 Å². The molecule has 22 heavy (non-hydrogen) atoms. The maximum absolute atomic E-state index is 13.2. The van der Waals surface area contributed by atoms with Gasteiger partial charge in [0, 0.05) is 12.7 Å². The highest BCUT2D eigenvalue weighted by Crippen LogP contribution is 2.20. The molecule has 0 aliphatic carbocycles. The summed E-state index contributed by atoms with van der Waals surface area (Å²) < 4.78 is 14.6. The van der Waals surface area contributed by atoms with E-state index in [-0.39, 0.29) is 5.69 Å². The van der Waals surface area contributed by atoms with E-state index in [1.54, 1.807) is 18.3 Å². The van der Waals surface area contributed by atoms with Gasteiger partial charge in [-0.1, -0.05) is 6.07 Å². The van der Waals surface area contributed by atoms with Gasteiger partial charge in [-0.3, -0.25) is 4.79 Å². The predicted octanol–water partition coefficient (Wildman–Crippen LogP) is 1.70. The van der Waals surface area contributed by atoms with Crippen molar-refractivity contribution in [3.05, 3.63) is 48.0 Å². The van der Waals surface area contributed by atoms with Gasteiger partial charge >= 0.3 is 5.97 Å². The van der Waals surface area contributed by atoms with Crippen molar-refractivity contribution in [2.45, 2.75) is 18.9 Å². The number of hydrogen-bond donors (Lipinski definition) is 1. The van der Waals surface area contributed by atoms with Gasteiger partial charge in [0.1, 0.15) is 11.9 Å². The highest BCUT2D eigenvalue weighted by atomic mass is 19.1. The van der Waals surface area contributed by atoms with Crippen LogP contribution in [0.2, 0.25) is 0 Å². The number of halogens is 1. The first-order chi connectivity index (χ1) is 10.6. The first-order valence-electron chi connectivity index (χ1n) is 6.91. The van der Waals surface area contributed by atoms with Gasteiger partial charge in [-0.25, -0.2) is 13.9 Å². The Balaban J connectivity index is 1.84. The molecule has 0 unspecified atom stereocenters. The molecule has 7 heteroatoms. The van der Waals surface area contributed by atoms with E-state index in [9.17, 15) is 14.0 Å². The quantitative estimate of drug-likeness (QED) is 0.936. The number of aromatic nitrogens is 2. The lowest BCUT2D eigenvalue weighted by molar-refractivity contribution is -0.141. The molecular weight excluding hydrogens is 289 g/mol. The summed E-state index contributed by atoms with van der Waals surface area (Å²) in [6, 6.07) is 6.55. The van der Waals surface area contributed by atoms with Crippen LogP contribution in [-0.2, 0) is 4.79 Å². The molecule has 1 aliphatic rings. The summed E-state index contributed by atoms with van der Waals surface area (Å²) in [5.74, 6) is -1.82. The van der Waals surface area contributed by atoms with E-state index >= 15 is 0 Å². The van der Waals surface area contributed by atoms with Crippen molar-refractivity contribution in [3.63, 3.8) is 0 Å². The molecule has 114 valence electrons. The summed E-state index contributed by atoms with van der Waals surface area (Å²) in [6.07, 6.45) is 2.66. The molecule has 6 nitrogen and oxygen atoms in total. The second kappa shape index (κ2) is 5.59. The van der Waals surface area contributed by atoms with Crippen molar-refractivity contribution in [1.29, 1.82) is 0 Å². The Bertz CT molecular complexity index is 728. The van der Waals surface area contributed by atoms with Crippen molar-refractivity contribution >= 4 is 11.9 Å². The van der Waals surface area contributed by atoms with E-state index in [0.29, 0.717) is 25.1 Å². The second-order valence-electron chi connectivity index (χ2n) is 5.12. The average molecular weight is 303 g/mol. The number of carboxylic acid groups (broad SMARTS) is 1. The van der Waals surface area contributed by atoms with E-state index in [4.69, 9.17) is 5.11 Å². The van der Waals surface area contributed by atoms with Crippen LogP contribution in [0.25, 0.3) is 5.69 Å². The van der Waals surface area contributed by atoms with E-state index in [0.717, 1.165) is 0 Å². The summed E-state index contributed by atoms with van der Waals surface area (Å²) in [4.78, 5) is 24.9. The smallest absolute Gasteiger partial charge is 0.326 e. The van der Waals surface area contributed by atoms with E-state index in [2.05, 4.69) is 5.10 Å². The van der Waals surface area contributed by atoms with Gasteiger partial charge in [-0.15, -0.1) is 0 Å². The Morgan fingerprint density at radius 2 is 2.14 bits per heavy atom. The van der Waals surface area contributed by atoms with Crippen LogP contribution in [-0.4, -0.2) is 44.3 Å². The van der Waals surface area contributed by atoms with Crippen LogP contribution in [0, 0.1) is 5.82 Å². The molecule has 1 aromatic carbocycles. The molecule has 0 spiro atoms. The fourth-order valence-electron chi connectivity index (χ4n) is 2.61. The number of carbonyl (C=O) groups is 2. The summed E-state index contributed by atoms with van der Waals surface area (Å²) in [6.45, 7) is 0.405. The predicted molar refractivity (Wildman–Crippen MR) is 75.2 cm³/mol. The zero-order chi connectivity index (χ0) is 15.7. The third-order valence-corrected chi connectivity index (χ3v) is 3.68. The van der Waals surface area contributed by atoms with Gasteiger partial charge in [-0.05, 0) is 37.1 Å². The summed E-state index contributed by atoms with van der Waals surface area (Å²) in [5.41, 5.74) is 0.646. The lowest BCUT2D eigenvalue weighted by Gasteiger charge is -2.20. The highest BCUT2D eigenvalue weighted by Gasteiger charge is 2.35. The van der Waals surface area contributed by atoms with Gasteiger partial charge < -0.3 is 10.0 Å². The minimum atomic E-state index is -1.00. The molecule has 1 amide bonds. The maximum atomic E-state index is 13.2. The van der Waals surface area contributed by atoms with Crippen LogP contribution in [0.4, 0.5) is 4.39 Å². The Hall–Kier alpha value is -2.70. The fraction of sp³-hybridized carbons (Fsp3) is 0.267. The molecule has 2 heterocycles. The molecule has 0 saturated carbocycles. The molecule has 1 N–H and O–H groups in total. The van der Waals surface area contributed by atoms with Crippen LogP contribution in [0.3, 0.4) is 0 Å². The Labute approximate surface area is 125 Å². The van der Waals surface area contributed by atoms with E-state index in [1.807, 2.05) is 0 Å². The zero-order valence-corrected chi connectivity index (χ0v) is 11.6. The molecule has 1 fully saturated rings. The molecule has 3 rings (SSSR count). The number of hydrogen-bond acceptors (Lipinski definition) is 3. The van der Waals surface area contributed by atoms with Gasteiger partial charge in [-0.2, -0.15) is 5.10 Å². The first kappa shape index (κ1) is 14.2. The first-order valence-corrected chi connectivity index (χ1v) is 6.91. The monoisotopic (exact) mass is 303 g/mol. The number of rotatable bonds is 3. The average Bonchev–Trinajstić information content (AvgIpc) is 3.16. The normalized spacial score (nSPS) is 17.7. The number of benzene rings is 1. The summed E-state index contributed by atoms with van der Waals surface area (Å²) in [5, 5.41) is 13.3. The summed E-state index contributed by atoms with van der Waals surface area (Å²) >= 11 is 0. The van der Waals surface area contributed by atoms with E-state index < -0.39 is 23.7 Å². The van der Waals surface area contributed by atoms with Crippen LogP contribution in [0.15, 0.2) is 36.5 Å². The minimum Gasteiger partial charge on any atom is -0.480 e. The lowest BCUT2D eigenvalue weighted by atomic mass is 10.2. The molecular formula is C15H14FN3O3. The van der Waals surface area contributed by atoms with Crippen molar-refractivity contribution in [2.75, 3.05) is 6.54 Å². The number of nitrogens with zero attached hydrogens (tertiary/aromatic N) is 3. The number of carbonyl (C=O) groups excluding carboxylic acids is 1. The summed E-state index contributed by atoms with van der Waals surface area (Å²) in [7, 11) is 0. The molecule has 2 aromatic rings. The van der Waals surface area contributed by atoms with Gasteiger partial charge in [0.2, 0.25) is 0 Å². The molecule has 0 radical (unpaired) electrons. The molecule has 1 aliphatic heterocycles. The second-order valence-corrected chi connectivity index (χ2v) is 5.12. The third kappa shape index (κ3) is 2.57. The number of aliphatic carboxylic acids is 1. The SMILES string of the molecule is O=C(O)[C@@H]1CCCN1C(=O)c1ccn(-c2cccc(F)c2)n1. The third-order valence-electron chi connectivity index (χ3n) is 3.68. The largest absolute Gasteiger partial charge is 0.480 e. The fourth-order valence-corrected chi connectivity index (χ4v) is 2.61. The number of amides is 1. The molecule has 1 aromatic heterocycles. The van der Waals surface area contributed by atoms with Gasteiger partial charge in [0.25, 0.3) is 5.91 Å². The topological polar surface area (TPSA) is 75.4 Å². The number of likely N-dealkylation sites (tertiary alicyclic amines) is 1. The van der Waals surface area contributed by atoms with Crippen molar-refractivity contribution in [2.24, 2.45) is 0 Å². The van der Waals surface area contributed by atoms with Crippen molar-refractivity contribution in [1.82, 2.24) is 14.7 Å². The van der Waals surface area contributed by atoms with Crippen LogP contribution in [0.5, 0.6) is 0 Å². The van der Waals surface area contributed by atoms with Gasteiger partial charge in [0.05, 0.1) is 5.69 Å². The Morgan fingerprint density at radius 3 is 2.86 bits per heavy atom. The number of carboxylic acids is 1. The lowest BCUT2D eigenvalue weighted by Crippen LogP contribution is -2.40. The van der Waals surface area contributed by atoms with Crippen LogP contribution < -0.4 is 0 Å². The molecule has 1 atom stereocenters.